The van der Waals surface area contributed by atoms with E-state index in [9.17, 15) is 4.79 Å². The molecule has 0 saturated carbocycles. The highest BCUT2D eigenvalue weighted by Gasteiger charge is 2.15. The van der Waals surface area contributed by atoms with E-state index in [-0.39, 0.29) is 0 Å². The molecule has 0 amide bonds. The molecule has 0 radical (unpaired) electrons. The van der Waals surface area contributed by atoms with E-state index in [1.54, 1.807) is 6.92 Å². The van der Waals surface area contributed by atoms with Gasteiger partial charge in [-0.1, -0.05) is 44.2 Å². The minimum absolute atomic E-state index is 0.293. The predicted molar refractivity (Wildman–Crippen MR) is 97.9 cm³/mol. The van der Waals surface area contributed by atoms with Crippen LogP contribution in [0.2, 0.25) is 0 Å². The average Bonchev–Trinajstić information content (AvgIpc) is 2.60. The summed E-state index contributed by atoms with van der Waals surface area (Å²) < 4.78 is 10.6. The van der Waals surface area contributed by atoms with Crippen molar-refractivity contribution in [2.24, 2.45) is 0 Å². The third-order valence-corrected chi connectivity index (χ3v) is 4.34. The van der Waals surface area contributed by atoms with Crippen molar-refractivity contribution in [3.05, 3.63) is 53.6 Å². The van der Waals surface area contributed by atoms with Gasteiger partial charge in [0, 0.05) is 10.8 Å². The topological polar surface area (TPSA) is 35.5 Å². The van der Waals surface area contributed by atoms with Gasteiger partial charge in [-0.05, 0) is 53.8 Å². The van der Waals surface area contributed by atoms with Crippen LogP contribution in [0, 0.1) is 0 Å². The van der Waals surface area contributed by atoms with Gasteiger partial charge in [-0.25, -0.2) is 4.79 Å². The molecule has 3 aromatic rings. The highest BCUT2D eigenvalue weighted by molar-refractivity contribution is 6.06. The minimum Gasteiger partial charge on any atom is -0.434 e. The summed E-state index contributed by atoms with van der Waals surface area (Å²) in [4.78, 5) is 11.9. The summed E-state index contributed by atoms with van der Waals surface area (Å²) in [5.41, 5.74) is 2.62. The van der Waals surface area contributed by atoms with E-state index in [0.29, 0.717) is 12.4 Å². The molecule has 0 aliphatic heterocycles. The van der Waals surface area contributed by atoms with Gasteiger partial charge in [0.25, 0.3) is 0 Å². The normalized spacial score (nSPS) is 11.0. The lowest BCUT2D eigenvalue weighted by molar-refractivity contribution is 0.105. The molecule has 0 unspecified atom stereocenters. The zero-order valence-electron chi connectivity index (χ0n) is 14.4. The van der Waals surface area contributed by atoms with Gasteiger partial charge < -0.3 is 9.47 Å². The number of fused-ring (bicyclic) bond motifs is 2. The Morgan fingerprint density at radius 3 is 2.29 bits per heavy atom. The second-order valence-corrected chi connectivity index (χ2v) is 5.76. The Balaban J connectivity index is 2.30. The van der Waals surface area contributed by atoms with Crippen molar-refractivity contribution in [3.63, 3.8) is 0 Å². The molecule has 0 aromatic heterocycles. The van der Waals surface area contributed by atoms with Crippen molar-refractivity contribution >= 4 is 27.7 Å². The molecular weight excluding hydrogens is 300 g/mol. The Labute approximate surface area is 142 Å². The van der Waals surface area contributed by atoms with E-state index in [2.05, 4.69) is 32.0 Å². The van der Waals surface area contributed by atoms with E-state index >= 15 is 0 Å². The largest absolute Gasteiger partial charge is 0.513 e. The van der Waals surface area contributed by atoms with Crippen molar-refractivity contribution in [3.8, 4) is 5.75 Å². The molecule has 3 rings (SSSR count). The van der Waals surface area contributed by atoms with Crippen molar-refractivity contribution in [1.29, 1.82) is 0 Å². The van der Waals surface area contributed by atoms with Crippen LogP contribution < -0.4 is 4.74 Å². The van der Waals surface area contributed by atoms with Gasteiger partial charge in [-0.2, -0.15) is 0 Å². The molecule has 0 heterocycles. The molecule has 3 heteroatoms. The summed E-state index contributed by atoms with van der Waals surface area (Å²) in [6, 6.07) is 14.5. The summed E-state index contributed by atoms with van der Waals surface area (Å²) >= 11 is 0. The standard InChI is InChI=1S/C21H22O3/c1-4-14-11-17-12-16-9-7-8-10-18(16)20(24-21(22)23-6-3)19(17)13-15(14)5-2/h7-13H,4-6H2,1-3H3. The molecule has 124 valence electrons. The number of aryl methyl sites for hydroxylation is 2. The highest BCUT2D eigenvalue weighted by atomic mass is 16.7. The Morgan fingerprint density at radius 1 is 0.875 bits per heavy atom. The van der Waals surface area contributed by atoms with Gasteiger partial charge >= 0.3 is 6.16 Å². The van der Waals surface area contributed by atoms with Crippen LogP contribution in [0.4, 0.5) is 4.79 Å². The van der Waals surface area contributed by atoms with Gasteiger partial charge in [0.15, 0.2) is 0 Å². The second-order valence-electron chi connectivity index (χ2n) is 5.76. The van der Waals surface area contributed by atoms with Crippen molar-refractivity contribution in [2.45, 2.75) is 33.6 Å². The van der Waals surface area contributed by atoms with Crippen LogP contribution in [0.1, 0.15) is 31.9 Å². The molecule has 0 atom stereocenters. The molecule has 0 aliphatic carbocycles. The first-order chi connectivity index (χ1) is 11.7. The van der Waals surface area contributed by atoms with Crippen LogP contribution in [0.3, 0.4) is 0 Å². The first-order valence-corrected chi connectivity index (χ1v) is 8.49. The van der Waals surface area contributed by atoms with Crippen molar-refractivity contribution < 1.29 is 14.3 Å². The molecule has 24 heavy (non-hydrogen) atoms. The fourth-order valence-electron chi connectivity index (χ4n) is 3.17. The Bertz CT molecular complexity index is 896. The summed E-state index contributed by atoms with van der Waals surface area (Å²) in [6.45, 7) is 6.37. The number of hydrogen-bond acceptors (Lipinski definition) is 3. The van der Waals surface area contributed by atoms with E-state index < -0.39 is 6.16 Å². The van der Waals surface area contributed by atoms with E-state index in [1.807, 2.05) is 24.3 Å². The van der Waals surface area contributed by atoms with Crippen LogP contribution >= 0.6 is 0 Å². The average molecular weight is 322 g/mol. The van der Waals surface area contributed by atoms with Gasteiger partial charge in [0.2, 0.25) is 0 Å². The monoisotopic (exact) mass is 322 g/mol. The molecule has 0 spiro atoms. The molecule has 0 saturated heterocycles. The molecule has 0 bridgehead atoms. The van der Waals surface area contributed by atoms with Gasteiger partial charge in [-0.15, -0.1) is 0 Å². The summed E-state index contributed by atoms with van der Waals surface area (Å²) in [7, 11) is 0. The molecule has 0 aliphatic rings. The van der Waals surface area contributed by atoms with Gasteiger partial charge in [-0.3, -0.25) is 0 Å². The van der Waals surface area contributed by atoms with Crippen LogP contribution in [0.15, 0.2) is 42.5 Å². The first-order valence-electron chi connectivity index (χ1n) is 8.49. The smallest absolute Gasteiger partial charge is 0.434 e. The number of ether oxygens (including phenoxy) is 2. The number of hydrogen-bond donors (Lipinski definition) is 0. The molecular formula is C21H22O3. The van der Waals surface area contributed by atoms with Gasteiger partial charge in [0.1, 0.15) is 5.75 Å². The zero-order valence-corrected chi connectivity index (χ0v) is 14.4. The fraction of sp³-hybridized carbons (Fsp3) is 0.286. The molecule has 0 fully saturated rings. The van der Waals surface area contributed by atoms with Crippen molar-refractivity contribution in [2.75, 3.05) is 6.61 Å². The highest BCUT2D eigenvalue weighted by Crippen LogP contribution is 2.37. The third-order valence-electron chi connectivity index (χ3n) is 4.34. The quantitative estimate of drug-likeness (QED) is 0.353. The SMILES string of the molecule is CCOC(=O)Oc1c2ccccc2cc2cc(CC)c(CC)cc12. The summed E-state index contributed by atoms with van der Waals surface area (Å²) in [5.74, 6) is 0.582. The molecule has 3 nitrogen and oxygen atoms in total. The maximum atomic E-state index is 11.9. The van der Waals surface area contributed by atoms with E-state index in [0.717, 1.165) is 34.4 Å². The summed E-state index contributed by atoms with van der Waals surface area (Å²) in [6.07, 6.45) is 1.28. The van der Waals surface area contributed by atoms with Gasteiger partial charge in [0.05, 0.1) is 6.61 Å². The van der Waals surface area contributed by atoms with Crippen LogP contribution in [0.5, 0.6) is 5.75 Å². The molecule has 0 N–H and O–H groups in total. The number of rotatable bonds is 4. The second kappa shape index (κ2) is 6.91. The van der Waals surface area contributed by atoms with Crippen LogP contribution in [0.25, 0.3) is 21.5 Å². The number of carbonyl (C=O) groups is 1. The van der Waals surface area contributed by atoms with Crippen LogP contribution in [-0.2, 0) is 17.6 Å². The maximum Gasteiger partial charge on any atom is 0.513 e. The first kappa shape index (κ1) is 16.3. The van der Waals surface area contributed by atoms with E-state index in [4.69, 9.17) is 9.47 Å². The minimum atomic E-state index is -0.659. The van der Waals surface area contributed by atoms with Crippen LogP contribution in [-0.4, -0.2) is 12.8 Å². The third kappa shape index (κ3) is 2.94. The predicted octanol–water partition coefficient (Wildman–Crippen LogP) is 5.65. The number of carbonyl (C=O) groups excluding carboxylic acids is 1. The Morgan fingerprint density at radius 2 is 1.58 bits per heavy atom. The summed E-state index contributed by atoms with van der Waals surface area (Å²) in [5, 5.41) is 4.01. The molecule has 3 aromatic carbocycles. The number of benzene rings is 3. The maximum absolute atomic E-state index is 11.9. The van der Waals surface area contributed by atoms with E-state index in [1.165, 1.54) is 11.1 Å². The lowest BCUT2D eigenvalue weighted by Gasteiger charge is -2.14. The van der Waals surface area contributed by atoms with Crippen molar-refractivity contribution in [1.82, 2.24) is 0 Å². The Hall–Kier alpha value is -2.55. The zero-order chi connectivity index (χ0) is 17.1. The lowest BCUT2D eigenvalue weighted by Crippen LogP contribution is -2.10. The fourth-order valence-corrected chi connectivity index (χ4v) is 3.17. The lowest BCUT2D eigenvalue weighted by atomic mass is 9.95. The Kier molecular flexibility index (Phi) is 4.70.